The highest BCUT2D eigenvalue weighted by molar-refractivity contribution is 5.93. The second-order valence-electron chi connectivity index (χ2n) is 4.66. The highest BCUT2D eigenvalue weighted by Gasteiger charge is 2.15. The number of carbonyl (C=O) groups excluding carboxylic acids is 1. The minimum atomic E-state index is -0.715. The molecular weight excluding hydrogens is 255 g/mol. The molecule has 2 rings (SSSR count). The number of benzene rings is 1. The molecule has 0 saturated carbocycles. The third-order valence-corrected chi connectivity index (χ3v) is 3.14. The molecule has 0 bridgehead atoms. The van der Waals surface area contributed by atoms with Gasteiger partial charge in [0.1, 0.15) is 0 Å². The molecule has 0 aliphatic rings. The molecule has 0 radical (unpaired) electrons. The van der Waals surface area contributed by atoms with Crippen LogP contribution in [0.5, 0.6) is 0 Å². The van der Waals surface area contributed by atoms with Crippen molar-refractivity contribution in [3.05, 3.63) is 65.7 Å². The predicted octanol–water partition coefficient (Wildman–Crippen LogP) is 2.93. The van der Waals surface area contributed by atoms with E-state index in [4.69, 9.17) is 0 Å². The van der Waals surface area contributed by atoms with Gasteiger partial charge in [-0.1, -0.05) is 30.3 Å². The summed E-state index contributed by atoms with van der Waals surface area (Å²) in [6.45, 7) is 0.585. The van der Waals surface area contributed by atoms with Gasteiger partial charge in [0.25, 0.3) is 5.91 Å². The molecule has 1 aromatic carbocycles. The van der Waals surface area contributed by atoms with E-state index in [1.165, 1.54) is 22.7 Å². The molecule has 1 amide bonds. The van der Waals surface area contributed by atoms with Crippen molar-refractivity contribution < 1.29 is 9.18 Å². The first kappa shape index (κ1) is 14.2. The molecule has 0 aliphatic carbocycles. The van der Waals surface area contributed by atoms with Gasteiger partial charge in [-0.2, -0.15) is 4.39 Å². The van der Waals surface area contributed by atoms with Crippen LogP contribution in [0.4, 0.5) is 4.39 Å². The van der Waals surface area contributed by atoms with Gasteiger partial charge in [0, 0.05) is 19.8 Å². The average molecular weight is 272 g/mol. The van der Waals surface area contributed by atoms with Crippen molar-refractivity contribution in [2.24, 2.45) is 0 Å². The van der Waals surface area contributed by atoms with E-state index in [1.54, 1.807) is 13.1 Å². The van der Waals surface area contributed by atoms with Crippen LogP contribution in [0.2, 0.25) is 0 Å². The van der Waals surface area contributed by atoms with Crippen molar-refractivity contribution in [3.63, 3.8) is 0 Å². The predicted molar refractivity (Wildman–Crippen MR) is 75.9 cm³/mol. The number of aryl methyl sites for hydroxylation is 1. The number of nitrogens with zero attached hydrogens (tertiary/aromatic N) is 2. The fourth-order valence-electron chi connectivity index (χ4n) is 2.02. The molecule has 4 heteroatoms. The minimum Gasteiger partial charge on any atom is -0.342 e. The zero-order valence-corrected chi connectivity index (χ0v) is 11.4. The lowest BCUT2D eigenvalue weighted by Gasteiger charge is -2.17. The standard InChI is InChI=1S/C16H17FN2O/c1-19(12-6-9-13-7-3-2-4-8-13)16(20)14-10-5-11-18-15(14)17/h2-5,7-8,10-11H,6,9,12H2,1H3. The fraction of sp³-hybridized carbons (Fsp3) is 0.250. The van der Waals surface area contributed by atoms with Gasteiger partial charge in [-0.15, -0.1) is 0 Å². The maximum atomic E-state index is 13.4. The number of pyridine rings is 1. The van der Waals surface area contributed by atoms with Crippen LogP contribution in [0, 0.1) is 5.95 Å². The van der Waals surface area contributed by atoms with E-state index in [0.717, 1.165) is 12.8 Å². The molecule has 0 spiro atoms. The second-order valence-corrected chi connectivity index (χ2v) is 4.66. The number of hydrogen-bond acceptors (Lipinski definition) is 2. The number of carbonyl (C=O) groups is 1. The molecule has 1 aromatic heterocycles. The molecule has 0 N–H and O–H groups in total. The van der Waals surface area contributed by atoms with Crippen LogP contribution in [0.25, 0.3) is 0 Å². The van der Waals surface area contributed by atoms with Gasteiger partial charge in [0.2, 0.25) is 5.95 Å². The Balaban J connectivity index is 1.87. The van der Waals surface area contributed by atoms with E-state index in [9.17, 15) is 9.18 Å². The lowest BCUT2D eigenvalue weighted by atomic mass is 10.1. The first-order valence-corrected chi connectivity index (χ1v) is 6.58. The maximum Gasteiger partial charge on any atom is 0.258 e. The highest BCUT2D eigenvalue weighted by atomic mass is 19.1. The Hall–Kier alpha value is -2.23. The number of hydrogen-bond donors (Lipinski definition) is 0. The summed E-state index contributed by atoms with van der Waals surface area (Å²) >= 11 is 0. The Labute approximate surface area is 118 Å². The Morgan fingerprint density at radius 1 is 1.20 bits per heavy atom. The summed E-state index contributed by atoms with van der Waals surface area (Å²) in [4.78, 5) is 17.1. The Kier molecular flexibility index (Phi) is 4.82. The van der Waals surface area contributed by atoms with Gasteiger partial charge in [-0.25, -0.2) is 4.98 Å². The van der Waals surface area contributed by atoms with Crippen LogP contribution in [0.3, 0.4) is 0 Å². The highest BCUT2D eigenvalue weighted by Crippen LogP contribution is 2.08. The fourth-order valence-corrected chi connectivity index (χ4v) is 2.02. The minimum absolute atomic E-state index is 0.0229. The van der Waals surface area contributed by atoms with Crippen LogP contribution >= 0.6 is 0 Å². The van der Waals surface area contributed by atoms with E-state index in [2.05, 4.69) is 17.1 Å². The van der Waals surface area contributed by atoms with E-state index in [1.807, 2.05) is 18.2 Å². The third-order valence-electron chi connectivity index (χ3n) is 3.14. The molecule has 0 saturated heterocycles. The zero-order valence-electron chi connectivity index (χ0n) is 11.4. The lowest BCUT2D eigenvalue weighted by Crippen LogP contribution is -2.29. The van der Waals surface area contributed by atoms with E-state index in [-0.39, 0.29) is 11.5 Å². The van der Waals surface area contributed by atoms with Gasteiger partial charge in [0.15, 0.2) is 0 Å². The van der Waals surface area contributed by atoms with Crippen LogP contribution in [0.15, 0.2) is 48.7 Å². The number of halogens is 1. The van der Waals surface area contributed by atoms with Crippen molar-refractivity contribution in [2.75, 3.05) is 13.6 Å². The topological polar surface area (TPSA) is 33.2 Å². The third kappa shape index (κ3) is 3.63. The zero-order chi connectivity index (χ0) is 14.4. The molecule has 0 fully saturated rings. The van der Waals surface area contributed by atoms with Crippen molar-refractivity contribution >= 4 is 5.91 Å². The summed E-state index contributed by atoms with van der Waals surface area (Å²) < 4.78 is 13.4. The summed E-state index contributed by atoms with van der Waals surface area (Å²) in [5.74, 6) is -1.05. The van der Waals surface area contributed by atoms with Crippen LogP contribution in [-0.4, -0.2) is 29.4 Å². The first-order chi connectivity index (χ1) is 9.68. The molecule has 1 heterocycles. The maximum absolute atomic E-state index is 13.4. The summed E-state index contributed by atoms with van der Waals surface area (Å²) in [6, 6.07) is 13.1. The van der Waals surface area contributed by atoms with Gasteiger partial charge >= 0.3 is 0 Å². The SMILES string of the molecule is CN(CCCc1ccccc1)C(=O)c1cccnc1F. The normalized spacial score (nSPS) is 10.3. The van der Waals surface area contributed by atoms with Gasteiger partial charge in [-0.3, -0.25) is 4.79 Å². The second kappa shape index (κ2) is 6.80. The molecule has 0 aliphatic heterocycles. The Morgan fingerprint density at radius 3 is 2.65 bits per heavy atom. The summed E-state index contributed by atoms with van der Waals surface area (Å²) in [6.07, 6.45) is 3.07. The van der Waals surface area contributed by atoms with Crippen LogP contribution in [0.1, 0.15) is 22.3 Å². The number of amides is 1. The summed E-state index contributed by atoms with van der Waals surface area (Å²) in [7, 11) is 1.68. The van der Waals surface area contributed by atoms with Crippen LogP contribution in [-0.2, 0) is 6.42 Å². The Morgan fingerprint density at radius 2 is 1.95 bits per heavy atom. The van der Waals surface area contributed by atoms with E-state index >= 15 is 0 Å². The average Bonchev–Trinajstić information content (AvgIpc) is 2.48. The number of rotatable bonds is 5. The largest absolute Gasteiger partial charge is 0.342 e. The lowest BCUT2D eigenvalue weighted by molar-refractivity contribution is 0.0788. The molecule has 104 valence electrons. The van der Waals surface area contributed by atoms with Crippen molar-refractivity contribution in [2.45, 2.75) is 12.8 Å². The monoisotopic (exact) mass is 272 g/mol. The molecule has 20 heavy (non-hydrogen) atoms. The molecule has 3 nitrogen and oxygen atoms in total. The summed E-state index contributed by atoms with van der Waals surface area (Å²) in [5.41, 5.74) is 1.26. The van der Waals surface area contributed by atoms with Crippen molar-refractivity contribution in [1.82, 2.24) is 9.88 Å². The quantitative estimate of drug-likeness (QED) is 0.784. The van der Waals surface area contributed by atoms with Gasteiger partial charge < -0.3 is 4.90 Å². The van der Waals surface area contributed by atoms with E-state index in [0.29, 0.717) is 6.54 Å². The van der Waals surface area contributed by atoms with Gasteiger partial charge in [0.05, 0.1) is 5.56 Å². The van der Waals surface area contributed by atoms with Crippen LogP contribution < -0.4 is 0 Å². The van der Waals surface area contributed by atoms with Crippen molar-refractivity contribution in [3.8, 4) is 0 Å². The van der Waals surface area contributed by atoms with Crippen molar-refractivity contribution in [1.29, 1.82) is 0 Å². The first-order valence-electron chi connectivity index (χ1n) is 6.58. The molecule has 2 aromatic rings. The molecule has 0 unspecified atom stereocenters. The van der Waals surface area contributed by atoms with E-state index < -0.39 is 5.95 Å². The molecule has 0 atom stereocenters. The van der Waals surface area contributed by atoms with Gasteiger partial charge in [-0.05, 0) is 30.5 Å². The smallest absolute Gasteiger partial charge is 0.258 e. The summed E-state index contributed by atoms with van der Waals surface area (Å²) in [5, 5.41) is 0. The Bertz CT molecular complexity index is 572. The molecular formula is C16H17FN2O. The number of aromatic nitrogens is 1.